The van der Waals surface area contributed by atoms with E-state index in [1.807, 2.05) is 31.2 Å². The Labute approximate surface area is 122 Å². The van der Waals surface area contributed by atoms with Gasteiger partial charge in [0.1, 0.15) is 0 Å². The highest BCUT2D eigenvalue weighted by Gasteiger charge is 2.07. The van der Waals surface area contributed by atoms with Crippen LogP contribution in [0.5, 0.6) is 0 Å². The third-order valence-electron chi connectivity index (χ3n) is 2.66. The molecule has 0 spiro atoms. The predicted octanol–water partition coefficient (Wildman–Crippen LogP) is 5.20. The van der Waals surface area contributed by atoms with Crippen molar-refractivity contribution in [3.63, 3.8) is 0 Å². The van der Waals surface area contributed by atoms with Gasteiger partial charge in [-0.3, -0.25) is 4.79 Å². The van der Waals surface area contributed by atoms with Gasteiger partial charge in [0, 0.05) is 10.6 Å². The zero-order valence-corrected chi connectivity index (χ0v) is 11.9. The molecule has 0 unspecified atom stereocenters. The van der Waals surface area contributed by atoms with Crippen molar-refractivity contribution in [3.8, 4) is 0 Å². The maximum atomic E-state index is 12.0. The van der Waals surface area contributed by atoms with Crippen LogP contribution in [0, 0.1) is 6.92 Å². The lowest BCUT2D eigenvalue weighted by Gasteiger charge is -2.00. The average molecular weight is 291 g/mol. The number of aryl methyl sites for hydroxylation is 1. The van der Waals surface area contributed by atoms with Crippen LogP contribution in [0.2, 0.25) is 10.0 Å². The minimum absolute atomic E-state index is 0.158. The van der Waals surface area contributed by atoms with Crippen molar-refractivity contribution in [2.75, 3.05) is 0 Å². The van der Waals surface area contributed by atoms with E-state index in [0.717, 1.165) is 11.1 Å². The third kappa shape index (κ3) is 3.69. The van der Waals surface area contributed by atoms with Crippen LogP contribution in [0.4, 0.5) is 0 Å². The smallest absolute Gasteiger partial charge is 0.187 e. The van der Waals surface area contributed by atoms with Crippen molar-refractivity contribution in [1.82, 2.24) is 0 Å². The number of allylic oxidation sites excluding steroid dienone is 1. The fourth-order valence-corrected chi connectivity index (χ4v) is 2.10. The summed E-state index contributed by atoms with van der Waals surface area (Å²) in [5.74, 6) is -0.158. The Kier molecular flexibility index (Phi) is 4.41. The maximum absolute atomic E-state index is 12.0. The zero-order chi connectivity index (χ0) is 13.8. The minimum Gasteiger partial charge on any atom is -0.289 e. The molecule has 0 saturated carbocycles. The molecule has 0 aliphatic rings. The molecule has 2 rings (SSSR count). The van der Waals surface area contributed by atoms with Gasteiger partial charge in [0.25, 0.3) is 0 Å². The summed E-state index contributed by atoms with van der Waals surface area (Å²) in [6.07, 6.45) is 3.28. The zero-order valence-electron chi connectivity index (χ0n) is 10.4. The number of halogens is 2. The molecule has 0 aliphatic heterocycles. The van der Waals surface area contributed by atoms with Gasteiger partial charge in [0.2, 0.25) is 0 Å². The Morgan fingerprint density at radius 2 is 1.89 bits per heavy atom. The molecular formula is C16H12Cl2O. The highest BCUT2D eigenvalue weighted by atomic mass is 35.5. The fraction of sp³-hybridized carbons (Fsp3) is 0.0625. The quantitative estimate of drug-likeness (QED) is 0.561. The number of rotatable bonds is 3. The van der Waals surface area contributed by atoms with Crippen LogP contribution < -0.4 is 0 Å². The molecule has 19 heavy (non-hydrogen) atoms. The average Bonchev–Trinajstić information content (AvgIpc) is 2.39. The van der Waals surface area contributed by atoms with E-state index in [2.05, 4.69) is 0 Å². The molecule has 96 valence electrons. The number of benzene rings is 2. The second-order valence-corrected chi connectivity index (χ2v) is 5.08. The standard InChI is InChI=1S/C16H12Cl2O/c1-11-3-2-4-12(9-11)5-8-16(19)14-10-13(17)6-7-15(14)18/h2-10H,1H3. The van der Waals surface area contributed by atoms with Crippen LogP contribution in [-0.4, -0.2) is 5.78 Å². The van der Waals surface area contributed by atoms with Gasteiger partial charge in [-0.25, -0.2) is 0 Å². The monoisotopic (exact) mass is 290 g/mol. The Bertz CT molecular complexity index is 645. The topological polar surface area (TPSA) is 17.1 Å². The molecule has 0 amide bonds. The normalized spacial score (nSPS) is 10.9. The molecule has 2 aromatic rings. The number of hydrogen-bond donors (Lipinski definition) is 0. The second kappa shape index (κ2) is 6.05. The molecule has 0 fully saturated rings. The molecule has 2 aromatic carbocycles. The first-order valence-corrected chi connectivity index (χ1v) is 6.56. The Morgan fingerprint density at radius 3 is 2.63 bits per heavy atom. The van der Waals surface area contributed by atoms with Crippen molar-refractivity contribution >= 4 is 35.1 Å². The van der Waals surface area contributed by atoms with Gasteiger partial charge in [0.05, 0.1) is 5.02 Å². The van der Waals surface area contributed by atoms with Gasteiger partial charge in [-0.1, -0.05) is 59.1 Å². The van der Waals surface area contributed by atoms with Gasteiger partial charge in [-0.2, -0.15) is 0 Å². The van der Waals surface area contributed by atoms with E-state index in [1.54, 1.807) is 24.3 Å². The highest BCUT2D eigenvalue weighted by molar-refractivity contribution is 6.36. The lowest BCUT2D eigenvalue weighted by molar-refractivity contribution is 0.104. The van der Waals surface area contributed by atoms with E-state index in [4.69, 9.17) is 23.2 Å². The summed E-state index contributed by atoms with van der Waals surface area (Å²) in [6, 6.07) is 12.8. The van der Waals surface area contributed by atoms with E-state index >= 15 is 0 Å². The summed E-state index contributed by atoms with van der Waals surface area (Å²) in [5.41, 5.74) is 2.54. The Balaban J connectivity index is 2.23. The number of carbonyl (C=O) groups is 1. The van der Waals surface area contributed by atoms with Crippen LogP contribution in [0.3, 0.4) is 0 Å². The lowest BCUT2D eigenvalue weighted by Crippen LogP contribution is -1.95. The van der Waals surface area contributed by atoms with Crippen molar-refractivity contribution < 1.29 is 4.79 Å². The fourth-order valence-electron chi connectivity index (χ4n) is 1.72. The number of carbonyl (C=O) groups excluding carboxylic acids is 1. The van der Waals surface area contributed by atoms with Gasteiger partial charge in [-0.05, 0) is 36.8 Å². The highest BCUT2D eigenvalue weighted by Crippen LogP contribution is 2.21. The van der Waals surface area contributed by atoms with Crippen LogP contribution in [0.1, 0.15) is 21.5 Å². The first-order valence-electron chi connectivity index (χ1n) is 5.80. The van der Waals surface area contributed by atoms with Crippen LogP contribution >= 0.6 is 23.2 Å². The maximum Gasteiger partial charge on any atom is 0.187 e. The van der Waals surface area contributed by atoms with E-state index in [9.17, 15) is 4.79 Å². The third-order valence-corrected chi connectivity index (χ3v) is 3.23. The SMILES string of the molecule is Cc1cccc(C=CC(=O)c2cc(Cl)ccc2Cl)c1. The molecule has 0 N–H and O–H groups in total. The largest absolute Gasteiger partial charge is 0.289 e. The van der Waals surface area contributed by atoms with Crippen molar-refractivity contribution in [2.45, 2.75) is 6.92 Å². The molecule has 1 nitrogen and oxygen atoms in total. The van der Waals surface area contributed by atoms with Gasteiger partial charge in [-0.15, -0.1) is 0 Å². The molecule has 0 aromatic heterocycles. The summed E-state index contributed by atoms with van der Waals surface area (Å²) < 4.78 is 0. The summed E-state index contributed by atoms with van der Waals surface area (Å²) in [5, 5.41) is 0.903. The van der Waals surface area contributed by atoms with Gasteiger partial charge in [0.15, 0.2) is 5.78 Å². The first kappa shape index (κ1) is 13.9. The van der Waals surface area contributed by atoms with E-state index < -0.39 is 0 Å². The van der Waals surface area contributed by atoms with Crippen molar-refractivity contribution in [2.24, 2.45) is 0 Å². The predicted molar refractivity (Wildman–Crippen MR) is 81.0 cm³/mol. The van der Waals surface area contributed by atoms with E-state index in [0.29, 0.717) is 15.6 Å². The molecular weight excluding hydrogens is 279 g/mol. The number of ketones is 1. The summed E-state index contributed by atoms with van der Waals surface area (Å²) in [7, 11) is 0. The second-order valence-electron chi connectivity index (χ2n) is 4.24. The van der Waals surface area contributed by atoms with Crippen LogP contribution in [0.15, 0.2) is 48.5 Å². The molecule has 0 heterocycles. The lowest BCUT2D eigenvalue weighted by atomic mass is 10.1. The molecule has 0 aliphatic carbocycles. The number of hydrogen-bond acceptors (Lipinski definition) is 1. The van der Waals surface area contributed by atoms with Gasteiger partial charge >= 0.3 is 0 Å². The molecule has 0 radical (unpaired) electrons. The Morgan fingerprint density at radius 1 is 1.11 bits per heavy atom. The summed E-state index contributed by atoms with van der Waals surface area (Å²) in [4.78, 5) is 12.0. The molecule has 0 atom stereocenters. The van der Waals surface area contributed by atoms with Crippen LogP contribution in [0.25, 0.3) is 6.08 Å². The molecule has 3 heteroatoms. The van der Waals surface area contributed by atoms with Crippen LogP contribution in [-0.2, 0) is 0 Å². The first-order chi connectivity index (χ1) is 9.06. The summed E-state index contributed by atoms with van der Waals surface area (Å²) in [6.45, 7) is 2.01. The molecule has 0 saturated heterocycles. The van der Waals surface area contributed by atoms with Gasteiger partial charge < -0.3 is 0 Å². The Hall–Kier alpha value is -1.57. The van der Waals surface area contributed by atoms with Crippen molar-refractivity contribution in [3.05, 3.63) is 75.3 Å². The van der Waals surface area contributed by atoms with E-state index in [-0.39, 0.29) is 5.78 Å². The molecule has 0 bridgehead atoms. The van der Waals surface area contributed by atoms with Crippen molar-refractivity contribution in [1.29, 1.82) is 0 Å². The minimum atomic E-state index is -0.158. The summed E-state index contributed by atoms with van der Waals surface area (Å²) >= 11 is 11.8. The van der Waals surface area contributed by atoms with E-state index in [1.165, 1.54) is 6.08 Å².